The van der Waals surface area contributed by atoms with E-state index in [1.54, 1.807) is 19.1 Å². The van der Waals surface area contributed by atoms with Crippen LogP contribution in [0.2, 0.25) is 0 Å². The smallest absolute Gasteiger partial charge is 0.333 e. The Labute approximate surface area is 396 Å². The molecule has 4 bridgehead atoms. The van der Waals surface area contributed by atoms with Crippen molar-refractivity contribution in [2.75, 3.05) is 13.7 Å². The SMILES string of the molecule is COC(=O)/C(C)=C\CC12OC(C)(C)C3CC(C1=O)C1C4=C(N=C5c6ccccc6C(=O)C51)c1c(O[C@@H]5O[C@H](CO)[C@@H](O)[C@H](O)[C@H]5O)c5c(c(CC=C(C)C)c1OC432)OC(C)(CCC=C(C)C)C=C5. The van der Waals surface area contributed by atoms with Crippen LogP contribution in [0.5, 0.6) is 17.2 Å². The summed E-state index contributed by atoms with van der Waals surface area (Å²) in [6.45, 7) is 14.9. The highest BCUT2D eigenvalue weighted by Crippen LogP contribution is 2.74. The summed E-state index contributed by atoms with van der Waals surface area (Å²) >= 11 is 0. The second kappa shape index (κ2) is 16.2. The largest absolute Gasteiger partial charge is 0.482 e. The van der Waals surface area contributed by atoms with Crippen LogP contribution in [0.25, 0.3) is 11.8 Å². The summed E-state index contributed by atoms with van der Waals surface area (Å²) in [6.07, 6.45) is 3.61. The minimum absolute atomic E-state index is 0.0540. The number of nitrogens with zero attached hydrogens (tertiary/aromatic N) is 1. The number of carbonyl (C=O) groups is 3. The third-order valence-corrected chi connectivity index (χ3v) is 15.8. The van der Waals surface area contributed by atoms with E-state index in [9.17, 15) is 30.0 Å². The fourth-order valence-electron chi connectivity index (χ4n) is 12.6. The molecule has 5 aliphatic heterocycles. The minimum Gasteiger partial charge on any atom is -0.482 e. The van der Waals surface area contributed by atoms with Crippen molar-refractivity contribution in [3.63, 3.8) is 0 Å². The van der Waals surface area contributed by atoms with Crippen molar-refractivity contribution in [1.29, 1.82) is 0 Å². The zero-order chi connectivity index (χ0) is 48.6. The highest BCUT2D eigenvalue weighted by Gasteiger charge is 2.84. The molecule has 9 aliphatic rings. The Bertz CT molecular complexity index is 2730. The van der Waals surface area contributed by atoms with Gasteiger partial charge >= 0.3 is 5.97 Å². The van der Waals surface area contributed by atoms with Gasteiger partial charge in [0.15, 0.2) is 22.8 Å². The van der Waals surface area contributed by atoms with Crippen molar-refractivity contribution in [1.82, 2.24) is 0 Å². The van der Waals surface area contributed by atoms with Gasteiger partial charge in [0.05, 0.1) is 47.8 Å². The average molecular weight is 932 g/mol. The van der Waals surface area contributed by atoms with Crippen LogP contribution in [-0.4, -0.2) is 111 Å². The van der Waals surface area contributed by atoms with Gasteiger partial charge in [-0.3, -0.25) is 14.6 Å². The molecule has 3 saturated carbocycles. The van der Waals surface area contributed by atoms with Gasteiger partial charge in [-0.1, -0.05) is 53.6 Å². The van der Waals surface area contributed by atoms with Gasteiger partial charge in [-0.25, -0.2) is 4.79 Å². The number of esters is 1. The first-order valence-electron chi connectivity index (χ1n) is 23.7. The van der Waals surface area contributed by atoms with Crippen LogP contribution >= 0.6 is 0 Å². The number of aliphatic hydroxyl groups excluding tert-OH is 4. The number of carbonyl (C=O) groups excluding carboxylic acids is 3. The highest BCUT2D eigenvalue weighted by atomic mass is 16.7. The number of hydrogen-bond donors (Lipinski definition) is 4. The summed E-state index contributed by atoms with van der Waals surface area (Å²) in [4.78, 5) is 49.3. The van der Waals surface area contributed by atoms with E-state index < -0.39 is 89.4 Å². The molecule has 5 fully saturated rings. The molecule has 0 amide bonds. The standard InChI is InChI=1S/C54H61NO13/c1-25(2)13-12-20-52(8)21-19-31-45(66-52)30(17-16-26(3)4)47-37(46(31)65-50-44(60)43(59)42(58)33(24-56)64-50)40-38-35(36-39(55-40)28-14-10-11-15-29(28)41(36)57)32-23-34-51(6,7)68-53(48(32)61,54(34,38)67-47)22-18-27(5)49(62)63-9/h10-11,13-16,18-19,21,32-36,42-44,50,56,58-60H,12,17,20,22-24H2,1-9H3/b27-18-/t32?,33-,34?,35?,36?,42-,43+,44-,50+,52?,53?,54?/m1/s1. The number of methoxy groups -OCH3 is 1. The highest BCUT2D eigenvalue weighted by molar-refractivity contribution is 6.31. The van der Waals surface area contributed by atoms with Crippen LogP contribution in [0.4, 0.5) is 0 Å². The van der Waals surface area contributed by atoms with Crippen molar-refractivity contribution >= 4 is 35.0 Å². The molecule has 1 spiro atoms. The molecule has 0 radical (unpaired) electrons. The van der Waals surface area contributed by atoms with Gasteiger partial charge in [-0.15, -0.1) is 0 Å². The number of rotatable bonds is 11. The average Bonchev–Trinajstić information content (AvgIpc) is 3.66. The summed E-state index contributed by atoms with van der Waals surface area (Å²) in [5.41, 5.74) is 1.54. The van der Waals surface area contributed by atoms with Gasteiger partial charge in [0.1, 0.15) is 47.3 Å². The molecule has 14 nitrogen and oxygen atoms in total. The quantitative estimate of drug-likeness (QED) is 0.111. The van der Waals surface area contributed by atoms with E-state index >= 15 is 4.79 Å². The van der Waals surface area contributed by atoms with Crippen LogP contribution in [0.3, 0.4) is 0 Å². The molecule has 12 atom stereocenters. The first-order valence-corrected chi connectivity index (χ1v) is 23.7. The molecule has 2 aromatic carbocycles. The van der Waals surface area contributed by atoms with E-state index in [-0.39, 0.29) is 35.1 Å². The van der Waals surface area contributed by atoms with Crippen LogP contribution in [0.15, 0.2) is 75.9 Å². The van der Waals surface area contributed by atoms with Crippen LogP contribution in [0, 0.1) is 23.7 Å². The maximum absolute atomic E-state index is 15.9. The molecule has 4 N–H and O–H groups in total. The zero-order valence-corrected chi connectivity index (χ0v) is 40.0. The molecular weight excluding hydrogens is 871 g/mol. The molecule has 0 aromatic heterocycles. The van der Waals surface area contributed by atoms with Crippen LogP contribution < -0.4 is 14.2 Å². The third kappa shape index (κ3) is 6.50. The number of aliphatic imine (C=N–C) groups is 1. The van der Waals surface area contributed by atoms with E-state index in [0.29, 0.717) is 69.8 Å². The number of ketones is 2. The lowest BCUT2D eigenvalue weighted by Gasteiger charge is -2.62. The Morgan fingerprint density at radius 3 is 2.34 bits per heavy atom. The minimum atomic E-state index is -1.78. The number of ether oxygens (including phenoxy) is 6. The Morgan fingerprint density at radius 1 is 0.926 bits per heavy atom. The molecule has 7 unspecified atom stereocenters. The molecule has 2 saturated heterocycles. The fourth-order valence-corrected chi connectivity index (χ4v) is 12.6. The van der Waals surface area contributed by atoms with E-state index in [1.807, 2.05) is 78.8 Å². The number of aliphatic hydroxyl groups is 4. The van der Waals surface area contributed by atoms with Crippen molar-refractivity contribution in [3.8, 4) is 17.2 Å². The number of benzene rings is 2. The lowest BCUT2D eigenvalue weighted by atomic mass is 9.43. The molecule has 4 aliphatic carbocycles. The summed E-state index contributed by atoms with van der Waals surface area (Å²) < 4.78 is 40.3. The Balaban J connectivity index is 1.32. The van der Waals surface area contributed by atoms with Crippen molar-refractivity contribution in [2.45, 2.75) is 141 Å². The van der Waals surface area contributed by atoms with E-state index in [2.05, 4.69) is 12.2 Å². The maximum atomic E-state index is 15.9. The predicted octanol–water partition coefficient (Wildman–Crippen LogP) is 6.33. The maximum Gasteiger partial charge on any atom is 0.333 e. The van der Waals surface area contributed by atoms with Gasteiger partial charge in [0.25, 0.3) is 0 Å². The number of hydrogen-bond acceptors (Lipinski definition) is 14. The van der Waals surface area contributed by atoms with Crippen LogP contribution in [-0.2, 0) is 30.2 Å². The van der Waals surface area contributed by atoms with Gasteiger partial charge in [-0.2, -0.15) is 0 Å². The number of Topliss-reactive ketones (excluding diaryl/α,β-unsaturated/α-hetero) is 2. The van der Waals surface area contributed by atoms with Gasteiger partial charge in [0.2, 0.25) is 6.29 Å². The topological polar surface area (TPSA) is 200 Å². The lowest BCUT2D eigenvalue weighted by Crippen LogP contribution is -2.75. The second-order valence-corrected chi connectivity index (χ2v) is 21.0. The Hall–Kier alpha value is -5.22. The lowest BCUT2D eigenvalue weighted by molar-refractivity contribution is -0.277. The van der Waals surface area contributed by atoms with E-state index in [1.165, 1.54) is 12.7 Å². The summed E-state index contributed by atoms with van der Waals surface area (Å²) in [6, 6.07) is 7.34. The first kappa shape index (κ1) is 46.5. The molecule has 2 aromatic rings. The zero-order valence-electron chi connectivity index (χ0n) is 40.0. The van der Waals surface area contributed by atoms with Crippen molar-refractivity contribution in [2.24, 2.45) is 28.7 Å². The van der Waals surface area contributed by atoms with Gasteiger partial charge in [0, 0.05) is 52.0 Å². The Kier molecular flexibility index (Phi) is 11.1. The molecule has 5 heterocycles. The molecule has 360 valence electrons. The van der Waals surface area contributed by atoms with Crippen molar-refractivity contribution in [3.05, 3.63) is 98.7 Å². The Morgan fingerprint density at radius 2 is 1.65 bits per heavy atom. The number of fused-ring (bicyclic) bond motifs is 6. The monoisotopic (exact) mass is 931 g/mol. The molecular formula is C54H61NO13. The fraction of sp³-hybridized carbons (Fsp3) is 0.519. The summed E-state index contributed by atoms with van der Waals surface area (Å²) in [5.74, 6) is -2.81. The molecule has 68 heavy (non-hydrogen) atoms. The molecule has 11 rings (SSSR count). The van der Waals surface area contributed by atoms with Crippen LogP contribution in [0.1, 0.15) is 114 Å². The first-order chi connectivity index (χ1) is 32.2. The number of allylic oxidation sites excluding steroid dienone is 4. The summed E-state index contributed by atoms with van der Waals surface area (Å²) in [5, 5.41) is 43.8. The molecule has 14 heteroatoms. The van der Waals surface area contributed by atoms with Gasteiger partial charge in [-0.05, 0) is 93.2 Å². The third-order valence-electron chi connectivity index (χ3n) is 15.8. The van der Waals surface area contributed by atoms with E-state index in [0.717, 1.165) is 12.0 Å². The van der Waals surface area contributed by atoms with E-state index in [4.69, 9.17) is 33.4 Å². The summed E-state index contributed by atoms with van der Waals surface area (Å²) in [7, 11) is 1.30. The normalized spacial score (nSPS) is 35.2. The van der Waals surface area contributed by atoms with Gasteiger partial charge < -0.3 is 48.8 Å². The second-order valence-electron chi connectivity index (χ2n) is 21.0. The predicted molar refractivity (Wildman–Crippen MR) is 250 cm³/mol. The van der Waals surface area contributed by atoms with Crippen molar-refractivity contribution < 1.29 is 63.2 Å².